The normalized spacial score (nSPS) is 17.0. The lowest BCUT2D eigenvalue weighted by molar-refractivity contribution is -0.119. The molecule has 2 saturated heterocycles. The molecule has 0 aliphatic carbocycles. The Morgan fingerprint density at radius 2 is 1.09 bits per heavy atom. The number of nitrogens with one attached hydrogen (secondary N) is 1. The number of thiophene rings is 3. The number of nitrogens with zero attached hydrogens (tertiary/aromatic N) is 10. The molecule has 2 fully saturated rings. The molecule has 6 aromatic rings. The Kier molecular flexibility index (Phi) is 27.2. The molecule has 5 aromatic heterocycles. The van der Waals surface area contributed by atoms with Crippen LogP contribution in [0.3, 0.4) is 0 Å². The summed E-state index contributed by atoms with van der Waals surface area (Å²) >= 11 is 10.7. The maximum atomic E-state index is 15.2. The Bertz CT molecular complexity index is 3620. The van der Waals surface area contributed by atoms with Crippen molar-refractivity contribution in [2.75, 3.05) is 63.1 Å². The summed E-state index contributed by atoms with van der Waals surface area (Å²) < 4.78 is 58.4. The first kappa shape index (κ1) is 73.9. The summed E-state index contributed by atoms with van der Waals surface area (Å²) in [6.45, 7) is 29.2. The number of piperidine rings is 2. The maximum Gasteiger partial charge on any atom is 0.260 e. The number of hydrogen-bond donors (Lipinski definition) is 2. The van der Waals surface area contributed by atoms with Gasteiger partial charge in [-0.15, -0.1) is 38.4 Å². The van der Waals surface area contributed by atoms with Gasteiger partial charge in [0.1, 0.15) is 11.5 Å². The number of carbonyl (C=O) groups excluding carboxylic acids is 3. The van der Waals surface area contributed by atoms with Crippen LogP contribution in [0.4, 0.5) is 11.4 Å². The van der Waals surface area contributed by atoms with Gasteiger partial charge in [-0.25, -0.2) is 13.6 Å². The van der Waals surface area contributed by atoms with Crippen molar-refractivity contribution in [1.82, 2.24) is 34.1 Å². The van der Waals surface area contributed by atoms with Gasteiger partial charge in [-0.1, -0.05) is 83.1 Å². The van der Waals surface area contributed by atoms with E-state index in [1.807, 2.05) is 32.4 Å². The third kappa shape index (κ3) is 20.2. The predicted molar refractivity (Wildman–Crippen MR) is 374 cm³/mol. The van der Waals surface area contributed by atoms with E-state index >= 15 is 4.21 Å². The van der Waals surface area contributed by atoms with Crippen molar-refractivity contribution in [2.24, 2.45) is 28.0 Å². The second-order valence-electron chi connectivity index (χ2n) is 25.5. The van der Waals surface area contributed by atoms with Crippen LogP contribution in [0.15, 0.2) is 69.9 Å². The molecule has 2 amide bonds. The van der Waals surface area contributed by atoms with E-state index in [0.717, 1.165) is 61.0 Å². The number of anilines is 2. The quantitative estimate of drug-likeness (QED) is 0.0575. The van der Waals surface area contributed by atoms with Crippen LogP contribution in [0.5, 0.6) is 11.5 Å². The van der Waals surface area contributed by atoms with E-state index in [0.29, 0.717) is 72.0 Å². The zero-order valence-corrected chi connectivity index (χ0v) is 61.0. The van der Waals surface area contributed by atoms with Gasteiger partial charge in [-0.3, -0.25) is 37.1 Å². The van der Waals surface area contributed by atoms with Gasteiger partial charge in [-0.05, 0) is 147 Å². The number of likely N-dealkylation sites (tertiary alicyclic amines) is 2. The van der Waals surface area contributed by atoms with E-state index in [1.54, 1.807) is 97.9 Å². The van der Waals surface area contributed by atoms with Crippen molar-refractivity contribution in [3.05, 3.63) is 113 Å². The number of rotatable bonds is 23. The van der Waals surface area contributed by atoms with Crippen LogP contribution in [0.2, 0.25) is 0 Å². The summed E-state index contributed by atoms with van der Waals surface area (Å²) in [5.74, 6) is 2.76. The molecule has 0 saturated carbocycles. The van der Waals surface area contributed by atoms with Gasteiger partial charge >= 0.3 is 0 Å². The van der Waals surface area contributed by atoms with Crippen LogP contribution in [0.25, 0.3) is 0 Å². The number of likely N-dealkylation sites (N-methyl/N-ethyl adjacent to an activating group) is 2. The van der Waals surface area contributed by atoms with E-state index < -0.39 is 26.1 Å². The van der Waals surface area contributed by atoms with E-state index in [2.05, 4.69) is 137 Å². The summed E-state index contributed by atoms with van der Waals surface area (Å²) in [6.07, 6.45) is 11.1. The van der Waals surface area contributed by atoms with Crippen LogP contribution < -0.4 is 27.9 Å². The number of nitrogens with two attached hydrogens (primary N) is 1. The number of aryl methyl sites for hydroxylation is 2. The molecule has 1 aromatic carbocycles. The fraction of sp³-hybridized carbons (Fsp3) is 0.585. The minimum Gasteiger partial charge on any atom is -0.497 e. The molecule has 90 heavy (non-hydrogen) atoms. The average Bonchev–Trinajstić information content (AvgIpc) is 1.36. The molecule has 7 heterocycles. The molecule has 8 rings (SSSR count). The maximum absolute atomic E-state index is 15.2. The van der Waals surface area contributed by atoms with Crippen molar-refractivity contribution < 1.29 is 32.3 Å². The second-order valence-corrected chi connectivity index (χ2v) is 32.7. The van der Waals surface area contributed by atoms with Gasteiger partial charge in [0.05, 0.1) is 69.5 Å². The topological polar surface area (TPSA) is 215 Å². The van der Waals surface area contributed by atoms with Crippen LogP contribution >= 0.6 is 45.6 Å². The molecule has 25 heteroatoms. The number of amides is 2. The highest BCUT2D eigenvalue weighted by atomic mass is 35.5. The van der Waals surface area contributed by atoms with Gasteiger partial charge in [0.15, 0.2) is 0 Å². The smallest absolute Gasteiger partial charge is 0.260 e. The lowest BCUT2D eigenvalue weighted by Gasteiger charge is -2.39. The highest BCUT2D eigenvalue weighted by Crippen LogP contribution is 2.38. The van der Waals surface area contributed by atoms with Gasteiger partial charge in [-0.2, -0.15) is 14.6 Å². The lowest BCUT2D eigenvalue weighted by Crippen LogP contribution is -2.54. The third-order valence-corrected chi connectivity index (χ3v) is 24.6. The van der Waals surface area contributed by atoms with Gasteiger partial charge in [0.2, 0.25) is 31.4 Å². The number of halogens is 1. The Balaban J connectivity index is 0.000000240. The molecule has 0 spiro atoms. The zero-order chi connectivity index (χ0) is 66.5. The predicted octanol–water partition coefficient (Wildman–Crippen LogP) is 13.5. The molecule has 498 valence electrons. The first-order chi connectivity index (χ1) is 42.3. The fourth-order valence-electron chi connectivity index (χ4n) is 11.1. The summed E-state index contributed by atoms with van der Waals surface area (Å²) in [5, 5.41) is 14.6. The standard InChI is InChI=1S/C31H46N6O4S2.C22H36N6O2S2.C12H17ClOS/c1-21(2)29-14-24(31(42-29)22(3)4)15-30(38)34-43(39,33-17-23-11-12-27(40-7)16-28(23)41-8)37(26-18-32-36(6)20-26)25-10-9-13-35(5)19-25;1-15(2)20-10-17(22(31-20)16(3)4)11-21(29)25-32(23,30)28(19-12-24-27(6)14-19)18-8-7-9-26(5)13-18;1-7(2)10-5-9(6-11(13)14)12(15-10)8(3)4/h11-12,14,16,18,20-22,25H,9-10,13,15,17,19H2,1-8H3,(H,33,34,38,39);10,12,14-16,18H,7-9,11,13H2,1-6H3,(H2,23,25,29,30);5,7-8H,6H2,1-4H3. The monoisotopic (exact) mass is 1350 g/mol. The first-order valence-electron chi connectivity index (χ1n) is 31.1. The van der Waals surface area contributed by atoms with Gasteiger partial charge in [0, 0.05) is 86.9 Å². The number of benzene rings is 1. The molecule has 0 bridgehead atoms. The molecular weight excluding hydrogens is 1260 g/mol. The van der Waals surface area contributed by atoms with Crippen molar-refractivity contribution >= 4 is 94.2 Å². The molecule has 3 N–H and O–H groups in total. The van der Waals surface area contributed by atoms with Crippen molar-refractivity contribution in [1.29, 1.82) is 0 Å². The molecule has 4 atom stereocenters. The van der Waals surface area contributed by atoms with E-state index in [-0.39, 0.29) is 48.5 Å². The van der Waals surface area contributed by atoms with Crippen molar-refractivity contribution in [3.8, 4) is 11.5 Å². The van der Waals surface area contributed by atoms with Gasteiger partial charge in [0.25, 0.3) is 5.91 Å². The lowest BCUT2D eigenvalue weighted by atomic mass is 10.0. The first-order valence-corrected chi connectivity index (χ1v) is 37.0. The highest BCUT2D eigenvalue weighted by Gasteiger charge is 2.35. The number of carbonyl (C=O) groups is 3. The van der Waals surface area contributed by atoms with Crippen molar-refractivity contribution in [2.45, 2.75) is 182 Å². The Labute approximate surface area is 554 Å². The Morgan fingerprint density at radius 3 is 1.49 bits per heavy atom. The number of aromatic nitrogens is 4. The molecule has 4 unspecified atom stereocenters. The Hall–Kier alpha value is -5.18. The molecule has 2 aliphatic heterocycles. The van der Waals surface area contributed by atoms with E-state index in [1.165, 1.54) is 29.3 Å². The number of ether oxygens (including phenoxy) is 2. The zero-order valence-electron chi connectivity index (χ0n) is 56.2. The van der Waals surface area contributed by atoms with Crippen LogP contribution in [0.1, 0.15) is 196 Å². The molecular formula is C65H99ClN12O7S5. The second kappa shape index (κ2) is 33.1. The SMILES string of the molecule is CC(C)c1cc(CC(=O)Cl)c(C(C)C)s1.CC(C)c1cc(CC(=O)N=S(N)(=O)N(c2cnn(C)c2)C2CCCN(C)C2)c(C(C)C)s1.COc1ccc(CN=S(=O)(NC(=O)Cc2cc(C(C)C)sc2C(C)C)N(c2cnn(C)c2)C2CCCN(C)C2)c(OC)c1. The number of methoxy groups -OCH3 is 2. The van der Waals surface area contributed by atoms with Crippen LogP contribution in [-0.4, -0.2) is 121 Å². The average molecular weight is 1360 g/mol. The minimum absolute atomic E-state index is 0.0682. The summed E-state index contributed by atoms with van der Waals surface area (Å²) in [4.78, 5) is 49.7. The molecule has 2 aliphatic rings. The third-order valence-electron chi connectivity index (χ3n) is 15.6. The van der Waals surface area contributed by atoms with Crippen molar-refractivity contribution in [3.63, 3.8) is 0 Å². The van der Waals surface area contributed by atoms with Crippen LogP contribution in [0, 0.1) is 0 Å². The van der Waals surface area contributed by atoms with Crippen LogP contribution in [-0.2, 0) is 74.5 Å². The summed E-state index contributed by atoms with van der Waals surface area (Å²) in [5.41, 5.74) is 5.06. The van der Waals surface area contributed by atoms with E-state index in [9.17, 15) is 18.6 Å². The molecule has 0 radical (unpaired) electrons. The fourth-order valence-corrected chi connectivity index (χ4v) is 18.2. The summed E-state index contributed by atoms with van der Waals surface area (Å²) in [6, 6.07) is 11.5. The van der Waals surface area contributed by atoms with E-state index in [4.69, 9.17) is 30.6 Å². The summed E-state index contributed by atoms with van der Waals surface area (Å²) in [7, 11) is 3.92. The number of hydrogen-bond acceptors (Lipinski definition) is 15. The molecule has 19 nitrogen and oxygen atoms in total. The largest absolute Gasteiger partial charge is 0.497 e. The highest BCUT2D eigenvalue weighted by molar-refractivity contribution is 7.93. The Morgan fingerprint density at radius 1 is 0.644 bits per heavy atom. The van der Waals surface area contributed by atoms with Gasteiger partial charge < -0.3 is 19.3 Å². The minimum atomic E-state index is -3.50.